The number of hydrogen-bond donors (Lipinski definition) is 2. The molecule has 0 saturated carbocycles. The molecule has 0 aliphatic heterocycles. The summed E-state index contributed by atoms with van der Waals surface area (Å²) in [6.45, 7) is 0.943. The molecule has 0 spiro atoms. The van der Waals surface area contributed by atoms with E-state index in [1.807, 2.05) is 0 Å². The number of sulfonamides is 1. The average molecular weight is 298 g/mol. The molecule has 20 heavy (non-hydrogen) atoms. The first-order valence-corrected chi connectivity index (χ1v) is 8.51. The molecule has 0 fully saturated rings. The van der Waals surface area contributed by atoms with E-state index in [0.29, 0.717) is 18.8 Å². The van der Waals surface area contributed by atoms with Crippen LogP contribution in [0.1, 0.15) is 37.9 Å². The molecule has 0 bridgehead atoms. The van der Waals surface area contributed by atoms with Crippen LogP contribution in [0.25, 0.3) is 0 Å². The highest BCUT2D eigenvalue weighted by atomic mass is 32.2. The van der Waals surface area contributed by atoms with E-state index in [1.165, 1.54) is 24.5 Å². The van der Waals surface area contributed by atoms with Gasteiger partial charge in [0.2, 0.25) is 5.09 Å². The quantitative estimate of drug-likeness (QED) is 0.757. The van der Waals surface area contributed by atoms with Crippen LogP contribution in [0.2, 0.25) is 0 Å². The van der Waals surface area contributed by atoms with E-state index < -0.39 is 10.0 Å². The molecule has 0 saturated heterocycles. The van der Waals surface area contributed by atoms with Gasteiger partial charge < -0.3 is 9.73 Å². The van der Waals surface area contributed by atoms with Gasteiger partial charge in [-0.05, 0) is 51.3 Å². The predicted octanol–water partition coefficient (Wildman–Crippen LogP) is 2.17. The lowest BCUT2D eigenvalue weighted by atomic mass is 9.97. The van der Waals surface area contributed by atoms with Crippen LogP contribution >= 0.6 is 0 Å². The Bertz CT molecular complexity index is 561. The second-order valence-corrected chi connectivity index (χ2v) is 6.70. The highest BCUT2D eigenvalue weighted by molar-refractivity contribution is 7.89. The smallest absolute Gasteiger partial charge is 0.273 e. The Hall–Kier alpha value is -1.11. The standard InChI is InChI=1S/C14H22N2O3S/c1-15-11-13-7-8-14(19-13)20(17,18)16-10-9-12-5-3-2-4-6-12/h5,7-8,15-16H,2-4,6,9-11H2,1H3. The summed E-state index contributed by atoms with van der Waals surface area (Å²) < 4.78 is 32.0. The lowest BCUT2D eigenvalue weighted by Gasteiger charge is -2.12. The molecule has 2 N–H and O–H groups in total. The monoisotopic (exact) mass is 298 g/mol. The minimum Gasteiger partial charge on any atom is -0.447 e. The number of hydrogen-bond acceptors (Lipinski definition) is 4. The van der Waals surface area contributed by atoms with E-state index >= 15 is 0 Å². The third-order valence-electron chi connectivity index (χ3n) is 3.38. The lowest BCUT2D eigenvalue weighted by molar-refractivity contribution is 0.404. The molecule has 1 heterocycles. The van der Waals surface area contributed by atoms with Crippen molar-refractivity contribution in [3.63, 3.8) is 0 Å². The summed E-state index contributed by atoms with van der Waals surface area (Å²) in [4.78, 5) is 0. The van der Waals surface area contributed by atoms with Crippen molar-refractivity contribution in [3.05, 3.63) is 29.5 Å². The predicted molar refractivity (Wildman–Crippen MR) is 77.8 cm³/mol. The first-order chi connectivity index (χ1) is 9.62. The molecule has 0 atom stereocenters. The molecule has 0 aromatic carbocycles. The molecule has 5 nitrogen and oxygen atoms in total. The maximum absolute atomic E-state index is 12.0. The largest absolute Gasteiger partial charge is 0.447 e. The second kappa shape index (κ2) is 7.06. The van der Waals surface area contributed by atoms with Gasteiger partial charge in [-0.15, -0.1) is 0 Å². The molecule has 1 aliphatic rings. The van der Waals surface area contributed by atoms with E-state index in [2.05, 4.69) is 16.1 Å². The summed E-state index contributed by atoms with van der Waals surface area (Å²) in [6, 6.07) is 3.17. The van der Waals surface area contributed by atoms with Crippen molar-refractivity contribution in [1.82, 2.24) is 10.0 Å². The molecule has 1 aliphatic carbocycles. The molecule has 1 aromatic heterocycles. The van der Waals surface area contributed by atoms with Crippen LogP contribution in [0.4, 0.5) is 0 Å². The van der Waals surface area contributed by atoms with Crippen molar-refractivity contribution < 1.29 is 12.8 Å². The van der Waals surface area contributed by atoms with Gasteiger partial charge in [-0.2, -0.15) is 0 Å². The van der Waals surface area contributed by atoms with Crippen molar-refractivity contribution in [2.45, 2.75) is 43.7 Å². The number of rotatable bonds is 7. The first kappa shape index (κ1) is 15.3. The normalized spacial score (nSPS) is 16.1. The Kier molecular flexibility index (Phi) is 5.39. The summed E-state index contributed by atoms with van der Waals surface area (Å²) in [6.07, 6.45) is 7.68. The van der Waals surface area contributed by atoms with Crippen molar-refractivity contribution in [3.8, 4) is 0 Å². The molecule has 112 valence electrons. The van der Waals surface area contributed by atoms with Gasteiger partial charge in [0.25, 0.3) is 10.0 Å². The summed E-state index contributed by atoms with van der Waals surface area (Å²) >= 11 is 0. The van der Waals surface area contributed by atoms with Crippen molar-refractivity contribution in [1.29, 1.82) is 0 Å². The number of nitrogens with one attached hydrogen (secondary N) is 2. The van der Waals surface area contributed by atoms with Crippen LogP contribution in [-0.4, -0.2) is 22.0 Å². The molecule has 1 aromatic rings. The second-order valence-electron chi connectivity index (χ2n) is 5.01. The Morgan fingerprint density at radius 3 is 2.85 bits per heavy atom. The molecule has 0 radical (unpaired) electrons. The van der Waals surface area contributed by atoms with E-state index in [9.17, 15) is 8.42 Å². The summed E-state index contributed by atoms with van der Waals surface area (Å²) in [7, 11) is -1.75. The zero-order chi connectivity index (χ0) is 14.4. The minimum atomic E-state index is -3.53. The van der Waals surface area contributed by atoms with Gasteiger partial charge in [0.05, 0.1) is 6.54 Å². The van der Waals surface area contributed by atoms with Crippen molar-refractivity contribution in [2.24, 2.45) is 0 Å². The summed E-state index contributed by atoms with van der Waals surface area (Å²) in [5.74, 6) is 0.614. The molecule has 0 amide bonds. The third-order valence-corrected chi connectivity index (χ3v) is 4.71. The number of allylic oxidation sites excluding steroid dienone is 1. The molecular weight excluding hydrogens is 276 g/mol. The highest BCUT2D eigenvalue weighted by Crippen LogP contribution is 2.20. The summed E-state index contributed by atoms with van der Waals surface area (Å²) in [5.41, 5.74) is 1.36. The van der Waals surface area contributed by atoms with Crippen molar-refractivity contribution in [2.75, 3.05) is 13.6 Å². The van der Waals surface area contributed by atoms with Gasteiger partial charge in [-0.1, -0.05) is 11.6 Å². The maximum Gasteiger partial charge on any atom is 0.273 e. The third kappa shape index (κ3) is 4.19. The van der Waals surface area contributed by atoms with Gasteiger partial charge in [0.1, 0.15) is 5.76 Å². The fraction of sp³-hybridized carbons (Fsp3) is 0.571. The van der Waals surface area contributed by atoms with E-state index in [-0.39, 0.29) is 5.09 Å². The van der Waals surface area contributed by atoms with Crippen LogP contribution in [0.3, 0.4) is 0 Å². The number of furan rings is 1. The van der Waals surface area contributed by atoms with Crippen LogP contribution in [0.5, 0.6) is 0 Å². The Morgan fingerprint density at radius 2 is 2.15 bits per heavy atom. The summed E-state index contributed by atoms with van der Waals surface area (Å²) in [5, 5.41) is 2.90. The SMILES string of the molecule is CNCc1ccc(S(=O)(=O)NCCC2=CCCCC2)o1. The molecule has 2 rings (SSSR count). The van der Waals surface area contributed by atoms with E-state index in [0.717, 1.165) is 19.3 Å². The van der Waals surface area contributed by atoms with Crippen LogP contribution in [0, 0.1) is 0 Å². The average Bonchev–Trinajstić information content (AvgIpc) is 2.90. The lowest BCUT2D eigenvalue weighted by Crippen LogP contribution is -2.24. The Morgan fingerprint density at radius 1 is 1.30 bits per heavy atom. The highest BCUT2D eigenvalue weighted by Gasteiger charge is 2.18. The fourth-order valence-corrected chi connectivity index (χ4v) is 3.30. The minimum absolute atomic E-state index is 0.0135. The van der Waals surface area contributed by atoms with Crippen LogP contribution in [0.15, 0.2) is 33.3 Å². The van der Waals surface area contributed by atoms with Gasteiger partial charge in [-0.3, -0.25) is 0 Å². The van der Waals surface area contributed by atoms with Crippen LogP contribution in [-0.2, 0) is 16.6 Å². The van der Waals surface area contributed by atoms with Gasteiger partial charge >= 0.3 is 0 Å². The maximum atomic E-state index is 12.0. The first-order valence-electron chi connectivity index (χ1n) is 7.03. The van der Waals surface area contributed by atoms with Crippen molar-refractivity contribution >= 4 is 10.0 Å². The van der Waals surface area contributed by atoms with Gasteiger partial charge in [0.15, 0.2) is 0 Å². The zero-order valence-electron chi connectivity index (χ0n) is 11.8. The Labute approximate surface area is 120 Å². The van der Waals surface area contributed by atoms with E-state index in [4.69, 9.17) is 4.42 Å². The van der Waals surface area contributed by atoms with Gasteiger partial charge in [0, 0.05) is 6.54 Å². The van der Waals surface area contributed by atoms with E-state index in [1.54, 1.807) is 13.1 Å². The zero-order valence-corrected chi connectivity index (χ0v) is 12.6. The topological polar surface area (TPSA) is 71.3 Å². The van der Waals surface area contributed by atoms with Gasteiger partial charge in [-0.25, -0.2) is 13.1 Å². The molecular formula is C14H22N2O3S. The fourth-order valence-electron chi connectivity index (χ4n) is 2.32. The molecule has 6 heteroatoms. The Balaban J connectivity index is 1.88. The molecule has 0 unspecified atom stereocenters. The van der Waals surface area contributed by atoms with Crippen LogP contribution < -0.4 is 10.0 Å².